The molecule has 3 rings (SSSR count). The number of carbonyl (C=O) groups is 2. The molecule has 6 nitrogen and oxygen atoms in total. The molecular formula is C17H19N3O3S. The number of ether oxygens (including phenoxy) is 1. The Hall–Kier alpha value is -2.41. The fourth-order valence-electron chi connectivity index (χ4n) is 2.58. The van der Waals surface area contributed by atoms with E-state index in [-0.39, 0.29) is 24.5 Å². The molecule has 0 saturated heterocycles. The zero-order valence-electron chi connectivity index (χ0n) is 13.3. The Labute approximate surface area is 144 Å². The molecule has 2 N–H and O–H groups in total. The summed E-state index contributed by atoms with van der Waals surface area (Å²) in [5, 5.41) is 5.67. The van der Waals surface area contributed by atoms with E-state index in [2.05, 4.69) is 10.6 Å². The topological polar surface area (TPSA) is 72.4 Å². The van der Waals surface area contributed by atoms with Gasteiger partial charge in [0.1, 0.15) is 11.8 Å². The molecule has 2 aromatic rings. The molecule has 1 aliphatic rings. The molecule has 0 fully saturated rings. The number of nitrogens with one attached hydrogen (secondary N) is 2. The first kappa shape index (κ1) is 16.4. The number of amides is 2. The minimum Gasteiger partial charge on any atom is -0.482 e. The zero-order chi connectivity index (χ0) is 16.9. The monoisotopic (exact) mass is 345 g/mol. The molecular weight excluding hydrogens is 326 g/mol. The van der Waals surface area contributed by atoms with Crippen molar-refractivity contribution in [2.24, 2.45) is 0 Å². The molecule has 0 spiro atoms. The van der Waals surface area contributed by atoms with Gasteiger partial charge in [0.15, 0.2) is 6.61 Å². The van der Waals surface area contributed by atoms with E-state index < -0.39 is 0 Å². The van der Waals surface area contributed by atoms with Gasteiger partial charge in [0, 0.05) is 24.1 Å². The van der Waals surface area contributed by atoms with Gasteiger partial charge in [0.2, 0.25) is 5.91 Å². The number of rotatable bonds is 6. The highest BCUT2D eigenvalue weighted by atomic mass is 32.2. The van der Waals surface area contributed by atoms with Crippen LogP contribution in [0.4, 0.5) is 11.4 Å². The van der Waals surface area contributed by atoms with Crippen molar-refractivity contribution in [2.75, 3.05) is 29.2 Å². The summed E-state index contributed by atoms with van der Waals surface area (Å²) in [7, 11) is 0. The van der Waals surface area contributed by atoms with Gasteiger partial charge in [0.05, 0.1) is 5.69 Å². The van der Waals surface area contributed by atoms with Crippen molar-refractivity contribution in [1.29, 1.82) is 0 Å². The van der Waals surface area contributed by atoms with Crippen LogP contribution in [-0.2, 0) is 9.59 Å². The minimum atomic E-state index is -0.260. The molecule has 2 heterocycles. The summed E-state index contributed by atoms with van der Waals surface area (Å²) >= 11 is 1.72. The summed E-state index contributed by atoms with van der Waals surface area (Å²) in [6.45, 7) is -0.00981. The summed E-state index contributed by atoms with van der Waals surface area (Å²) in [6, 6.07) is 8.78. The van der Waals surface area contributed by atoms with Crippen LogP contribution >= 0.6 is 11.8 Å². The SMILES string of the molecule is CSCCC(C(=O)Nc1ccc2c(c1)OCC(=O)N2)n1cccc1. The first-order valence-electron chi connectivity index (χ1n) is 7.66. The molecule has 7 heteroatoms. The first-order valence-corrected chi connectivity index (χ1v) is 9.05. The van der Waals surface area contributed by atoms with Crippen LogP contribution in [0.3, 0.4) is 0 Å². The quantitative estimate of drug-likeness (QED) is 0.844. The maximum Gasteiger partial charge on any atom is 0.262 e. The molecule has 1 unspecified atom stereocenters. The number of nitrogens with zero attached hydrogens (tertiary/aromatic N) is 1. The van der Waals surface area contributed by atoms with Crippen LogP contribution in [0.15, 0.2) is 42.7 Å². The van der Waals surface area contributed by atoms with Crippen molar-refractivity contribution in [2.45, 2.75) is 12.5 Å². The van der Waals surface area contributed by atoms with Gasteiger partial charge in [-0.05, 0) is 42.7 Å². The van der Waals surface area contributed by atoms with E-state index in [1.165, 1.54) is 0 Å². The van der Waals surface area contributed by atoms with E-state index in [1.54, 1.807) is 30.0 Å². The van der Waals surface area contributed by atoms with Crippen molar-refractivity contribution in [3.8, 4) is 5.75 Å². The zero-order valence-corrected chi connectivity index (χ0v) is 14.1. The molecule has 1 aromatic heterocycles. The highest BCUT2D eigenvalue weighted by Crippen LogP contribution is 2.31. The lowest BCUT2D eigenvalue weighted by Gasteiger charge is -2.21. The maximum absolute atomic E-state index is 12.7. The van der Waals surface area contributed by atoms with Crippen LogP contribution in [-0.4, -0.2) is 35.0 Å². The molecule has 0 radical (unpaired) electrons. The fraction of sp³-hybridized carbons (Fsp3) is 0.294. The van der Waals surface area contributed by atoms with Gasteiger partial charge < -0.3 is 19.9 Å². The Bertz CT molecular complexity index is 731. The van der Waals surface area contributed by atoms with Gasteiger partial charge in [-0.2, -0.15) is 11.8 Å². The summed E-state index contributed by atoms with van der Waals surface area (Å²) in [5.74, 6) is 1.22. The van der Waals surface area contributed by atoms with Gasteiger partial charge in [-0.3, -0.25) is 9.59 Å². The maximum atomic E-state index is 12.7. The second-order valence-electron chi connectivity index (χ2n) is 5.46. The van der Waals surface area contributed by atoms with Gasteiger partial charge in [-0.1, -0.05) is 0 Å². The predicted molar refractivity (Wildman–Crippen MR) is 95.7 cm³/mol. The average molecular weight is 345 g/mol. The number of fused-ring (bicyclic) bond motifs is 1. The normalized spacial score (nSPS) is 14.3. The van der Waals surface area contributed by atoms with Crippen LogP contribution in [0.25, 0.3) is 0 Å². The summed E-state index contributed by atoms with van der Waals surface area (Å²) in [4.78, 5) is 24.0. The van der Waals surface area contributed by atoms with Crippen molar-refractivity contribution in [3.05, 3.63) is 42.7 Å². The third-order valence-corrected chi connectivity index (χ3v) is 4.41. The van der Waals surface area contributed by atoms with Gasteiger partial charge >= 0.3 is 0 Å². The minimum absolute atomic E-state index is 0.00981. The van der Waals surface area contributed by atoms with E-state index >= 15 is 0 Å². The van der Waals surface area contributed by atoms with Crippen LogP contribution in [0, 0.1) is 0 Å². The van der Waals surface area contributed by atoms with E-state index in [0.717, 1.165) is 12.2 Å². The second kappa shape index (κ2) is 7.44. The molecule has 2 amide bonds. The Morgan fingerprint density at radius 3 is 2.96 bits per heavy atom. The van der Waals surface area contributed by atoms with E-state index in [1.807, 2.05) is 35.3 Å². The van der Waals surface area contributed by atoms with Gasteiger partial charge in [-0.25, -0.2) is 0 Å². The number of hydrogen-bond acceptors (Lipinski definition) is 4. The lowest BCUT2D eigenvalue weighted by Crippen LogP contribution is -2.27. The number of benzene rings is 1. The Balaban J connectivity index is 1.74. The van der Waals surface area contributed by atoms with Gasteiger partial charge in [-0.15, -0.1) is 0 Å². The third kappa shape index (κ3) is 3.73. The molecule has 0 bridgehead atoms. The van der Waals surface area contributed by atoms with Crippen molar-refractivity contribution < 1.29 is 14.3 Å². The largest absolute Gasteiger partial charge is 0.482 e. The van der Waals surface area contributed by atoms with Gasteiger partial charge in [0.25, 0.3) is 5.91 Å². The molecule has 1 atom stereocenters. The summed E-state index contributed by atoms with van der Waals surface area (Å²) < 4.78 is 7.30. The number of thioether (sulfide) groups is 1. The van der Waals surface area contributed by atoms with Crippen LogP contribution in [0.5, 0.6) is 5.75 Å². The first-order chi connectivity index (χ1) is 11.7. The number of anilines is 2. The van der Waals surface area contributed by atoms with E-state index in [9.17, 15) is 9.59 Å². The van der Waals surface area contributed by atoms with Crippen LogP contribution in [0.1, 0.15) is 12.5 Å². The van der Waals surface area contributed by atoms with Crippen molar-refractivity contribution in [3.63, 3.8) is 0 Å². The molecule has 0 aliphatic carbocycles. The molecule has 1 aliphatic heterocycles. The number of aromatic nitrogens is 1. The standard InChI is InChI=1S/C17H19N3O3S/c1-24-9-6-14(20-7-2-3-8-20)17(22)18-12-4-5-13-15(10-12)23-11-16(21)19-13/h2-5,7-8,10,14H,6,9,11H2,1H3,(H,18,22)(H,19,21). The molecule has 24 heavy (non-hydrogen) atoms. The molecule has 126 valence electrons. The van der Waals surface area contributed by atoms with Crippen LogP contribution < -0.4 is 15.4 Å². The highest BCUT2D eigenvalue weighted by molar-refractivity contribution is 7.98. The predicted octanol–water partition coefficient (Wildman–Crippen LogP) is 2.75. The van der Waals surface area contributed by atoms with Crippen molar-refractivity contribution >= 4 is 35.0 Å². The molecule has 0 saturated carbocycles. The van der Waals surface area contributed by atoms with Crippen LogP contribution in [0.2, 0.25) is 0 Å². The second-order valence-corrected chi connectivity index (χ2v) is 6.45. The third-order valence-electron chi connectivity index (χ3n) is 3.77. The highest BCUT2D eigenvalue weighted by Gasteiger charge is 2.21. The average Bonchev–Trinajstić information content (AvgIpc) is 3.09. The summed E-state index contributed by atoms with van der Waals surface area (Å²) in [5.41, 5.74) is 1.27. The lowest BCUT2D eigenvalue weighted by molar-refractivity contribution is -0.119. The lowest BCUT2D eigenvalue weighted by atomic mass is 10.2. The van der Waals surface area contributed by atoms with Crippen molar-refractivity contribution in [1.82, 2.24) is 4.57 Å². The molecule has 1 aromatic carbocycles. The fourth-order valence-corrected chi connectivity index (χ4v) is 3.04. The Morgan fingerprint density at radius 1 is 1.42 bits per heavy atom. The number of carbonyl (C=O) groups excluding carboxylic acids is 2. The Morgan fingerprint density at radius 2 is 2.21 bits per heavy atom. The van der Waals surface area contributed by atoms with E-state index in [0.29, 0.717) is 17.1 Å². The smallest absolute Gasteiger partial charge is 0.262 e. The number of hydrogen-bond donors (Lipinski definition) is 2. The Kier molecular flexibility index (Phi) is 5.10. The summed E-state index contributed by atoms with van der Waals surface area (Å²) in [6.07, 6.45) is 6.57. The van der Waals surface area contributed by atoms with E-state index in [4.69, 9.17) is 4.74 Å².